The average molecular weight is 319 g/mol. The highest BCUT2D eigenvalue weighted by Crippen LogP contribution is 2.67. The number of aldehydes is 1. The van der Waals surface area contributed by atoms with E-state index in [9.17, 15) is 9.90 Å². The fraction of sp³-hybridized carbons (Fsp3) is 0.952. The van der Waals surface area contributed by atoms with Gasteiger partial charge in [0.05, 0.1) is 5.60 Å². The average Bonchev–Trinajstić information content (AvgIpc) is 2.84. The minimum Gasteiger partial charge on any atom is -0.390 e. The monoisotopic (exact) mass is 318 g/mol. The van der Waals surface area contributed by atoms with Crippen molar-refractivity contribution >= 4 is 6.29 Å². The minimum absolute atomic E-state index is 0.284. The van der Waals surface area contributed by atoms with Crippen molar-refractivity contribution in [2.24, 2.45) is 40.4 Å². The topological polar surface area (TPSA) is 37.3 Å². The molecule has 0 amide bonds. The van der Waals surface area contributed by atoms with Gasteiger partial charge in [-0.25, -0.2) is 0 Å². The lowest BCUT2D eigenvalue weighted by atomic mass is 9.44. The molecule has 2 nitrogen and oxygen atoms in total. The number of hydrogen-bond acceptors (Lipinski definition) is 2. The molecule has 0 aliphatic heterocycles. The van der Waals surface area contributed by atoms with Crippen molar-refractivity contribution in [3.05, 3.63) is 0 Å². The van der Waals surface area contributed by atoms with Crippen molar-refractivity contribution < 1.29 is 9.90 Å². The Morgan fingerprint density at radius 1 is 0.870 bits per heavy atom. The zero-order valence-corrected chi connectivity index (χ0v) is 15.2. The summed E-state index contributed by atoms with van der Waals surface area (Å²) in [6, 6.07) is 0. The highest BCUT2D eigenvalue weighted by Gasteiger charge is 2.60. The molecule has 0 heterocycles. The quantitative estimate of drug-likeness (QED) is 0.718. The van der Waals surface area contributed by atoms with Gasteiger partial charge < -0.3 is 9.90 Å². The number of hydrogen-bond donors (Lipinski definition) is 1. The SMILES string of the molecule is CC1(O)CC[C@@]2(C)C(CC[C@@H]3[C@H]2CC[C@]2(C)C(C=O)CC[C@@H]32)C1. The van der Waals surface area contributed by atoms with E-state index >= 15 is 0 Å². The largest absolute Gasteiger partial charge is 0.390 e. The molecule has 2 heteroatoms. The molecule has 4 aliphatic rings. The highest BCUT2D eigenvalue weighted by molar-refractivity contribution is 5.56. The molecule has 0 spiro atoms. The van der Waals surface area contributed by atoms with Gasteiger partial charge in [0.1, 0.15) is 6.29 Å². The number of aliphatic hydroxyl groups is 1. The summed E-state index contributed by atoms with van der Waals surface area (Å²) in [6.07, 6.45) is 12.1. The maximum absolute atomic E-state index is 11.6. The number of rotatable bonds is 1. The van der Waals surface area contributed by atoms with Crippen LogP contribution in [0.4, 0.5) is 0 Å². The standard InChI is InChI=1S/C21H34O2/c1-19(23)10-11-21(3)14(12-19)4-6-16-17-7-5-15(13-22)20(17,2)9-8-18(16)21/h13-18,23H,4-12H2,1-3H3/t14?,15?,16-,17-,18+,19?,20+,21-/m0/s1. The normalized spacial score (nSPS) is 58.9. The predicted octanol–water partition coefficient (Wildman–Crippen LogP) is 4.60. The fourth-order valence-electron chi connectivity index (χ4n) is 7.70. The van der Waals surface area contributed by atoms with Crippen LogP contribution in [0.3, 0.4) is 0 Å². The van der Waals surface area contributed by atoms with Crippen molar-refractivity contribution in [3.8, 4) is 0 Å². The first-order valence-electron chi connectivity index (χ1n) is 9.98. The van der Waals surface area contributed by atoms with Crippen molar-refractivity contribution in [3.63, 3.8) is 0 Å². The summed E-state index contributed by atoms with van der Waals surface area (Å²) in [6.45, 7) is 7.00. The molecule has 0 saturated heterocycles. The van der Waals surface area contributed by atoms with Crippen molar-refractivity contribution in [1.29, 1.82) is 0 Å². The molecule has 0 aromatic rings. The van der Waals surface area contributed by atoms with Crippen LogP contribution in [0.1, 0.15) is 78.6 Å². The Labute approximate surface area is 141 Å². The molecular formula is C21H34O2. The summed E-state index contributed by atoms with van der Waals surface area (Å²) in [5, 5.41) is 10.5. The highest BCUT2D eigenvalue weighted by atomic mass is 16.3. The molecule has 4 fully saturated rings. The third-order valence-electron chi connectivity index (χ3n) is 9.19. The van der Waals surface area contributed by atoms with E-state index in [1.165, 1.54) is 44.8 Å². The molecule has 0 aromatic heterocycles. The van der Waals surface area contributed by atoms with Crippen LogP contribution in [0.2, 0.25) is 0 Å². The summed E-state index contributed by atoms with van der Waals surface area (Å²) in [5.74, 6) is 3.46. The first-order valence-corrected chi connectivity index (χ1v) is 9.98. The number of carbonyl (C=O) groups excluding carboxylic acids is 1. The molecule has 4 saturated carbocycles. The molecule has 0 aromatic carbocycles. The zero-order chi connectivity index (χ0) is 16.5. The summed E-state index contributed by atoms with van der Waals surface area (Å²) in [5.41, 5.74) is 0.286. The van der Waals surface area contributed by atoms with Gasteiger partial charge in [-0.2, -0.15) is 0 Å². The van der Waals surface area contributed by atoms with Crippen molar-refractivity contribution in [1.82, 2.24) is 0 Å². The summed E-state index contributed by atoms with van der Waals surface area (Å²) >= 11 is 0. The lowest BCUT2D eigenvalue weighted by molar-refractivity contribution is -0.147. The van der Waals surface area contributed by atoms with Crippen molar-refractivity contribution in [2.45, 2.75) is 84.2 Å². The molecular weight excluding hydrogens is 284 g/mol. The lowest BCUT2D eigenvalue weighted by Gasteiger charge is -2.61. The van der Waals surface area contributed by atoms with Gasteiger partial charge in [0.15, 0.2) is 0 Å². The predicted molar refractivity (Wildman–Crippen MR) is 91.9 cm³/mol. The van der Waals surface area contributed by atoms with Gasteiger partial charge in [-0.1, -0.05) is 13.8 Å². The molecule has 4 aliphatic carbocycles. The zero-order valence-electron chi connectivity index (χ0n) is 15.2. The summed E-state index contributed by atoms with van der Waals surface area (Å²) in [7, 11) is 0. The van der Waals surface area contributed by atoms with Gasteiger partial charge in [-0.15, -0.1) is 0 Å². The maximum atomic E-state index is 11.6. The maximum Gasteiger partial charge on any atom is 0.123 e. The van der Waals surface area contributed by atoms with E-state index in [0.717, 1.165) is 37.0 Å². The van der Waals surface area contributed by atoms with Crippen LogP contribution in [0, 0.1) is 40.4 Å². The second-order valence-corrected chi connectivity index (χ2v) is 10.2. The summed E-state index contributed by atoms with van der Waals surface area (Å²) in [4.78, 5) is 11.6. The first-order chi connectivity index (χ1) is 10.8. The molecule has 23 heavy (non-hydrogen) atoms. The van der Waals surface area contributed by atoms with Gasteiger partial charge in [-0.05, 0) is 99.2 Å². The van der Waals surface area contributed by atoms with Crippen LogP contribution in [-0.4, -0.2) is 17.0 Å². The first kappa shape index (κ1) is 16.1. The minimum atomic E-state index is -0.434. The van der Waals surface area contributed by atoms with Crippen LogP contribution in [-0.2, 0) is 4.79 Å². The smallest absolute Gasteiger partial charge is 0.123 e. The van der Waals surface area contributed by atoms with Gasteiger partial charge in [0.25, 0.3) is 0 Å². The van der Waals surface area contributed by atoms with Crippen LogP contribution in [0.15, 0.2) is 0 Å². The third-order valence-corrected chi connectivity index (χ3v) is 9.19. The Kier molecular flexibility index (Phi) is 3.55. The Hall–Kier alpha value is -0.370. The Morgan fingerprint density at radius 3 is 2.35 bits per heavy atom. The Bertz CT molecular complexity index is 498. The van der Waals surface area contributed by atoms with Gasteiger partial charge in [0.2, 0.25) is 0 Å². The molecule has 130 valence electrons. The molecule has 0 bridgehead atoms. The summed E-state index contributed by atoms with van der Waals surface area (Å²) < 4.78 is 0. The van der Waals surface area contributed by atoms with Gasteiger partial charge in [0, 0.05) is 5.92 Å². The number of carbonyl (C=O) groups is 1. The third kappa shape index (κ3) is 2.19. The van der Waals surface area contributed by atoms with E-state index in [0.29, 0.717) is 17.3 Å². The van der Waals surface area contributed by atoms with Crippen molar-refractivity contribution in [2.75, 3.05) is 0 Å². The van der Waals surface area contributed by atoms with Crippen LogP contribution in [0.25, 0.3) is 0 Å². The lowest BCUT2D eigenvalue weighted by Crippen LogP contribution is -2.55. The Morgan fingerprint density at radius 2 is 1.61 bits per heavy atom. The molecule has 8 atom stereocenters. The second-order valence-electron chi connectivity index (χ2n) is 10.2. The van der Waals surface area contributed by atoms with E-state index in [-0.39, 0.29) is 5.41 Å². The molecule has 0 radical (unpaired) electrons. The second kappa shape index (κ2) is 5.07. The number of fused-ring (bicyclic) bond motifs is 5. The molecule has 1 N–H and O–H groups in total. The van der Waals surface area contributed by atoms with Crippen LogP contribution < -0.4 is 0 Å². The van der Waals surface area contributed by atoms with E-state index in [1.54, 1.807) is 0 Å². The van der Waals surface area contributed by atoms with E-state index in [2.05, 4.69) is 13.8 Å². The fourth-order valence-corrected chi connectivity index (χ4v) is 7.70. The molecule has 3 unspecified atom stereocenters. The van der Waals surface area contributed by atoms with Crippen LogP contribution >= 0.6 is 0 Å². The van der Waals surface area contributed by atoms with Gasteiger partial charge >= 0.3 is 0 Å². The van der Waals surface area contributed by atoms with E-state index in [4.69, 9.17) is 0 Å². The van der Waals surface area contributed by atoms with Crippen LogP contribution in [0.5, 0.6) is 0 Å². The molecule has 4 rings (SSSR count). The van der Waals surface area contributed by atoms with E-state index < -0.39 is 5.60 Å². The Balaban J connectivity index is 1.61. The van der Waals surface area contributed by atoms with E-state index in [1.807, 2.05) is 6.92 Å². The van der Waals surface area contributed by atoms with Gasteiger partial charge in [-0.3, -0.25) is 0 Å².